The van der Waals surface area contributed by atoms with E-state index in [1.54, 1.807) is 6.07 Å². The number of piperazine rings is 1. The highest BCUT2D eigenvalue weighted by molar-refractivity contribution is 7.86. The summed E-state index contributed by atoms with van der Waals surface area (Å²) in [6.45, 7) is 0.968. The maximum absolute atomic E-state index is 12.1. The zero-order valence-electron chi connectivity index (χ0n) is 9.99. The van der Waals surface area contributed by atoms with Crippen molar-refractivity contribution in [3.63, 3.8) is 0 Å². The highest BCUT2D eigenvalue weighted by atomic mass is 35.5. The molecule has 0 aliphatic carbocycles. The van der Waals surface area contributed by atoms with Gasteiger partial charge >= 0.3 is 0 Å². The van der Waals surface area contributed by atoms with Crippen LogP contribution in [-0.4, -0.2) is 54.7 Å². The number of halogens is 1. The molecule has 2 rings (SSSR count). The third kappa shape index (κ3) is 3.41. The third-order valence-corrected chi connectivity index (χ3v) is 4.14. The molecule has 0 saturated carbocycles. The first-order valence-corrected chi connectivity index (χ1v) is 7.45. The molecule has 19 heavy (non-hydrogen) atoms. The SMILES string of the molecule is NS(=O)(=O)N1CCN(C(=O)c2ccc(Cl)cn2)CC1. The number of pyridine rings is 1. The van der Waals surface area contributed by atoms with E-state index in [1.165, 1.54) is 17.2 Å². The van der Waals surface area contributed by atoms with Crippen LogP contribution in [0.25, 0.3) is 0 Å². The van der Waals surface area contributed by atoms with Gasteiger partial charge in [0.1, 0.15) is 5.69 Å². The molecule has 1 aromatic heterocycles. The van der Waals surface area contributed by atoms with Gasteiger partial charge in [0.15, 0.2) is 0 Å². The van der Waals surface area contributed by atoms with Crippen LogP contribution in [0.2, 0.25) is 5.02 Å². The fraction of sp³-hybridized carbons (Fsp3) is 0.400. The van der Waals surface area contributed by atoms with E-state index in [4.69, 9.17) is 16.7 Å². The average Bonchev–Trinajstić information content (AvgIpc) is 2.38. The van der Waals surface area contributed by atoms with Crippen molar-refractivity contribution in [1.82, 2.24) is 14.2 Å². The monoisotopic (exact) mass is 304 g/mol. The number of amides is 1. The summed E-state index contributed by atoms with van der Waals surface area (Å²) in [5.74, 6) is -0.245. The van der Waals surface area contributed by atoms with Crippen LogP contribution in [-0.2, 0) is 10.2 Å². The normalized spacial score (nSPS) is 17.5. The third-order valence-electron chi connectivity index (χ3n) is 2.83. The molecule has 0 bridgehead atoms. The van der Waals surface area contributed by atoms with Crippen LogP contribution >= 0.6 is 11.6 Å². The molecule has 1 amide bonds. The lowest BCUT2D eigenvalue weighted by Gasteiger charge is -2.32. The summed E-state index contributed by atoms with van der Waals surface area (Å²) in [6.07, 6.45) is 1.40. The number of carbonyl (C=O) groups excluding carboxylic acids is 1. The lowest BCUT2D eigenvalue weighted by atomic mass is 10.3. The minimum absolute atomic E-state index is 0.193. The first-order valence-electron chi connectivity index (χ1n) is 5.56. The summed E-state index contributed by atoms with van der Waals surface area (Å²) in [6, 6.07) is 3.12. The second-order valence-electron chi connectivity index (χ2n) is 4.10. The summed E-state index contributed by atoms with van der Waals surface area (Å²) in [5.41, 5.74) is 0.286. The molecule has 104 valence electrons. The van der Waals surface area contributed by atoms with Gasteiger partial charge in [-0.05, 0) is 12.1 Å². The predicted molar refractivity (Wildman–Crippen MR) is 69.8 cm³/mol. The Balaban J connectivity index is 2.02. The maximum atomic E-state index is 12.1. The molecule has 1 aliphatic heterocycles. The Labute approximate surface area is 116 Å². The maximum Gasteiger partial charge on any atom is 0.277 e. The van der Waals surface area contributed by atoms with Gasteiger partial charge < -0.3 is 4.90 Å². The quantitative estimate of drug-likeness (QED) is 0.811. The standard InChI is InChI=1S/C10H13ClN4O3S/c11-8-1-2-9(13-7-8)10(16)14-3-5-15(6-4-14)19(12,17)18/h1-2,7H,3-6H2,(H2,12,17,18). The van der Waals surface area contributed by atoms with E-state index in [1.807, 2.05) is 0 Å². The van der Waals surface area contributed by atoms with Gasteiger partial charge in [0.2, 0.25) is 0 Å². The van der Waals surface area contributed by atoms with E-state index in [2.05, 4.69) is 4.98 Å². The van der Waals surface area contributed by atoms with Crippen LogP contribution < -0.4 is 5.14 Å². The van der Waals surface area contributed by atoms with Crippen LogP contribution in [0.5, 0.6) is 0 Å². The van der Waals surface area contributed by atoms with Crippen molar-refractivity contribution in [3.8, 4) is 0 Å². The Bertz CT molecular complexity index is 567. The predicted octanol–water partition coefficient (Wildman–Crippen LogP) is -0.304. The zero-order valence-corrected chi connectivity index (χ0v) is 11.6. The van der Waals surface area contributed by atoms with Crippen LogP contribution in [0, 0.1) is 0 Å². The molecule has 9 heteroatoms. The van der Waals surface area contributed by atoms with Gasteiger partial charge in [-0.3, -0.25) is 4.79 Å². The molecule has 7 nitrogen and oxygen atoms in total. The number of nitrogens with two attached hydrogens (primary N) is 1. The molecule has 1 fully saturated rings. The molecule has 2 heterocycles. The molecular weight excluding hydrogens is 292 g/mol. The Hall–Kier alpha value is -1.22. The van der Waals surface area contributed by atoms with Gasteiger partial charge in [0.25, 0.3) is 16.1 Å². The Morgan fingerprint density at radius 2 is 1.89 bits per heavy atom. The fourth-order valence-corrected chi connectivity index (χ4v) is 2.59. The van der Waals surface area contributed by atoms with Gasteiger partial charge in [-0.15, -0.1) is 0 Å². The highest BCUT2D eigenvalue weighted by Crippen LogP contribution is 2.11. The Morgan fingerprint density at radius 3 is 2.37 bits per heavy atom. The second kappa shape index (κ2) is 5.41. The molecule has 1 saturated heterocycles. The molecule has 0 radical (unpaired) electrons. The molecular formula is C10H13ClN4O3S. The van der Waals surface area contributed by atoms with E-state index in [9.17, 15) is 13.2 Å². The summed E-state index contributed by atoms with van der Waals surface area (Å²) >= 11 is 5.70. The van der Waals surface area contributed by atoms with Crippen molar-refractivity contribution in [2.24, 2.45) is 5.14 Å². The molecule has 0 atom stereocenters. The van der Waals surface area contributed by atoms with Crippen molar-refractivity contribution in [3.05, 3.63) is 29.0 Å². The summed E-state index contributed by atoms with van der Waals surface area (Å²) in [7, 11) is -3.68. The summed E-state index contributed by atoms with van der Waals surface area (Å²) in [5, 5.41) is 5.48. The van der Waals surface area contributed by atoms with E-state index in [0.717, 1.165) is 4.31 Å². The number of rotatable bonds is 2. The topological polar surface area (TPSA) is 96.6 Å². The first-order chi connectivity index (χ1) is 8.88. The van der Waals surface area contributed by atoms with Gasteiger partial charge in [0, 0.05) is 32.4 Å². The molecule has 0 aromatic carbocycles. The van der Waals surface area contributed by atoms with Gasteiger partial charge in [0.05, 0.1) is 5.02 Å². The van der Waals surface area contributed by atoms with E-state index in [0.29, 0.717) is 18.1 Å². The lowest BCUT2D eigenvalue weighted by molar-refractivity contribution is 0.0692. The van der Waals surface area contributed by atoms with Crippen LogP contribution in [0.4, 0.5) is 0 Å². The fourth-order valence-electron chi connectivity index (χ4n) is 1.81. The molecule has 1 aliphatic rings. The summed E-state index contributed by atoms with van der Waals surface area (Å²) < 4.78 is 23.4. The van der Waals surface area contributed by atoms with E-state index < -0.39 is 10.2 Å². The minimum atomic E-state index is -3.68. The van der Waals surface area contributed by atoms with E-state index in [-0.39, 0.29) is 24.7 Å². The number of nitrogens with zero attached hydrogens (tertiary/aromatic N) is 3. The number of aromatic nitrogens is 1. The van der Waals surface area contributed by atoms with Crippen molar-refractivity contribution in [1.29, 1.82) is 0 Å². The van der Waals surface area contributed by atoms with Gasteiger partial charge in [-0.2, -0.15) is 12.7 Å². The van der Waals surface area contributed by atoms with Crippen LogP contribution in [0.15, 0.2) is 18.3 Å². The number of hydrogen-bond donors (Lipinski definition) is 1. The lowest BCUT2D eigenvalue weighted by Crippen LogP contribution is -2.52. The van der Waals surface area contributed by atoms with Gasteiger partial charge in [-0.25, -0.2) is 10.1 Å². The number of hydrogen-bond acceptors (Lipinski definition) is 4. The van der Waals surface area contributed by atoms with Gasteiger partial charge in [-0.1, -0.05) is 11.6 Å². The van der Waals surface area contributed by atoms with Crippen LogP contribution in [0.1, 0.15) is 10.5 Å². The smallest absolute Gasteiger partial charge is 0.277 e. The molecule has 0 spiro atoms. The molecule has 1 aromatic rings. The van der Waals surface area contributed by atoms with Crippen molar-refractivity contribution >= 4 is 27.7 Å². The Morgan fingerprint density at radius 1 is 1.26 bits per heavy atom. The minimum Gasteiger partial charge on any atom is -0.335 e. The highest BCUT2D eigenvalue weighted by Gasteiger charge is 2.27. The summed E-state index contributed by atoms with van der Waals surface area (Å²) in [4.78, 5) is 17.6. The van der Waals surface area contributed by atoms with Crippen molar-refractivity contribution in [2.75, 3.05) is 26.2 Å². The van der Waals surface area contributed by atoms with Crippen molar-refractivity contribution < 1.29 is 13.2 Å². The van der Waals surface area contributed by atoms with E-state index >= 15 is 0 Å². The van der Waals surface area contributed by atoms with Crippen molar-refractivity contribution in [2.45, 2.75) is 0 Å². The molecule has 0 unspecified atom stereocenters. The van der Waals surface area contributed by atoms with Crippen LogP contribution in [0.3, 0.4) is 0 Å². The number of carbonyl (C=O) groups is 1. The zero-order chi connectivity index (χ0) is 14.0. The molecule has 2 N–H and O–H groups in total. The second-order valence-corrected chi connectivity index (χ2v) is 6.08. The Kier molecular flexibility index (Phi) is 4.04. The first kappa shape index (κ1) is 14.2. The largest absolute Gasteiger partial charge is 0.335 e. The average molecular weight is 305 g/mol.